The largest absolute Gasteiger partial charge is 0.333 e. The first-order valence-corrected chi connectivity index (χ1v) is 12.6. The van der Waals surface area contributed by atoms with Crippen molar-refractivity contribution in [3.8, 4) is 5.69 Å². The molecule has 0 saturated heterocycles. The third kappa shape index (κ3) is 4.20. The number of thioether (sulfide) groups is 1. The summed E-state index contributed by atoms with van der Waals surface area (Å²) in [5, 5.41) is 1.64. The minimum atomic E-state index is 0.0822. The third-order valence-electron chi connectivity index (χ3n) is 5.84. The first-order valence-electron chi connectivity index (χ1n) is 10.8. The molecule has 4 nitrogen and oxygen atoms in total. The normalized spacial score (nSPS) is 15.8. The molecule has 2 aromatic heterocycles. The number of para-hydroxylation sites is 1. The van der Waals surface area contributed by atoms with Gasteiger partial charge in [-0.2, -0.15) is 0 Å². The smallest absolute Gasteiger partial charge is 0.267 e. The highest BCUT2D eigenvalue weighted by Gasteiger charge is 2.26. The summed E-state index contributed by atoms with van der Waals surface area (Å²) in [7, 11) is 2.22. The van der Waals surface area contributed by atoms with Crippen molar-refractivity contribution in [2.45, 2.75) is 31.0 Å². The van der Waals surface area contributed by atoms with Gasteiger partial charge in [0.05, 0.1) is 29.5 Å². The molecule has 2 aromatic carbocycles. The fourth-order valence-corrected chi connectivity index (χ4v) is 6.55. The molecule has 1 atom stereocenters. The fraction of sp³-hybridized carbons (Fsp3) is 0.280. The molecular weight excluding hydrogens is 422 g/mol. The van der Waals surface area contributed by atoms with Crippen molar-refractivity contribution >= 4 is 33.3 Å². The average molecular weight is 449 g/mol. The number of fused-ring (bicyclic) bond motifs is 3. The molecule has 5 rings (SSSR count). The van der Waals surface area contributed by atoms with Crippen molar-refractivity contribution in [2.24, 2.45) is 0 Å². The Morgan fingerprint density at radius 1 is 1.10 bits per heavy atom. The van der Waals surface area contributed by atoms with Gasteiger partial charge in [-0.15, -0.1) is 11.3 Å². The highest BCUT2D eigenvalue weighted by Crippen LogP contribution is 2.32. The second-order valence-corrected chi connectivity index (χ2v) is 10.3. The number of thiophene rings is 1. The number of nitrogens with zero attached hydrogens (tertiary/aromatic N) is 2. The van der Waals surface area contributed by atoms with Gasteiger partial charge < -0.3 is 4.90 Å². The zero-order valence-electron chi connectivity index (χ0n) is 17.6. The minimum Gasteiger partial charge on any atom is -0.333 e. The minimum absolute atomic E-state index is 0.0822. The molecule has 0 fully saturated rings. The van der Waals surface area contributed by atoms with Crippen LogP contribution in [-0.2, 0) is 19.4 Å². The van der Waals surface area contributed by atoms with Crippen molar-refractivity contribution in [3.05, 3.63) is 87.0 Å². The zero-order chi connectivity index (χ0) is 21.2. The second kappa shape index (κ2) is 8.99. The summed E-state index contributed by atoms with van der Waals surface area (Å²) >= 11 is 3.40. The van der Waals surface area contributed by atoms with Crippen LogP contribution in [0.2, 0.25) is 0 Å². The van der Waals surface area contributed by atoms with Crippen LogP contribution in [0.1, 0.15) is 22.4 Å². The summed E-state index contributed by atoms with van der Waals surface area (Å²) in [4.78, 5) is 22.5. The van der Waals surface area contributed by atoms with Crippen LogP contribution in [0.15, 0.2) is 70.6 Å². The van der Waals surface area contributed by atoms with Crippen LogP contribution in [0.25, 0.3) is 15.9 Å². The number of likely N-dealkylation sites (N-methyl/N-ethyl adjacent to an activating group) is 1. The van der Waals surface area contributed by atoms with Gasteiger partial charge in [0, 0.05) is 12.2 Å². The van der Waals surface area contributed by atoms with E-state index in [0.717, 1.165) is 59.2 Å². The van der Waals surface area contributed by atoms with Crippen molar-refractivity contribution in [1.82, 2.24) is 9.55 Å². The van der Waals surface area contributed by atoms with E-state index in [9.17, 15) is 4.79 Å². The molecule has 158 valence electrons. The van der Waals surface area contributed by atoms with Crippen LogP contribution in [0.3, 0.4) is 0 Å². The van der Waals surface area contributed by atoms with Gasteiger partial charge in [-0.1, -0.05) is 60.3 Å². The Hall–Kier alpha value is -2.41. The first kappa shape index (κ1) is 20.5. The van der Waals surface area contributed by atoms with E-state index >= 15 is 0 Å². The summed E-state index contributed by atoms with van der Waals surface area (Å²) < 4.78 is 1.83. The average Bonchev–Trinajstić information content (AvgIpc) is 3.15. The molecular formula is C25H26N3OS2+. The molecule has 0 aliphatic carbocycles. The Bertz CT molecular complexity index is 1250. The van der Waals surface area contributed by atoms with Crippen LogP contribution in [-0.4, -0.2) is 28.9 Å². The fourth-order valence-electron chi connectivity index (χ4n) is 4.23. The van der Waals surface area contributed by atoms with Gasteiger partial charge in [0.15, 0.2) is 5.16 Å². The van der Waals surface area contributed by atoms with Crippen molar-refractivity contribution in [3.63, 3.8) is 0 Å². The van der Waals surface area contributed by atoms with Gasteiger partial charge in [0.1, 0.15) is 11.4 Å². The molecule has 6 heteroatoms. The molecule has 1 aliphatic heterocycles. The quantitative estimate of drug-likeness (QED) is 0.277. The summed E-state index contributed by atoms with van der Waals surface area (Å²) in [6.07, 6.45) is 3.04. The van der Waals surface area contributed by atoms with Crippen LogP contribution in [0, 0.1) is 0 Å². The van der Waals surface area contributed by atoms with E-state index in [2.05, 4.69) is 37.4 Å². The van der Waals surface area contributed by atoms with Crippen molar-refractivity contribution in [1.29, 1.82) is 0 Å². The number of aryl methyl sites for hydroxylation is 1. The van der Waals surface area contributed by atoms with E-state index in [0.29, 0.717) is 0 Å². The maximum Gasteiger partial charge on any atom is 0.267 e. The molecule has 0 saturated carbocycles. The molecule has 0 bridgehead atoms. The number of quaternary nitrogens is 1. The molecule has 1 aliphatic rings. The number of rotatable bonds is 6. The molecule has 3 heterocycles. The maximum atomic E-state index is 13.7. The standard InChI is InChI=1S/C25H25N3OS2/c1-27-15-14-20-21(17-27)31-23-22(20)24(29)28(19-12-6-3-7-13-19)25(26-23)30-16-8-11-18-9-4-2-5-10-18/h2-7,9-10,12-13H,8,11,14-17H2,1H3/p+1. The van der Waals surface area contributed by atoms with Crippen molar-refractivity contribution < 1.29 is 4.90 Å². The molecule has 0 amide bonds. The third-order valence-corrected chi connectivity index (χ3v) is 7.99. The number of benzene rings is 2. The lowest BCUT2D eigenvalue weighted by molar-refractivity contribution is -0.895. The summed E-state index contributed by atoms with van der Waals surface area (Å²) in [6.45, 7) is 2.06. The Morgan fingerprint density at radius 2 is 1.84 bits per heavy atom. The van der Waals surface area contributed by atoms with E-state index in [4.69, 9.17) is 4.98 Å². The topological polar surface area (TPSA) is 39.3 Å². The maximum absolute atomic E-state index is 13.7. The number of hydrogen-bond acceptors (Lipinski definition) is 4. The zero-order valence-corrected chi connectivity index (χ0v) is 19.3. The van der Waals surface area contributed by atoms with E-state index in [-0.39, 0.29) is 5.56 Å². The first-order chi connectivity index (χ1) is 15.2. The SMILES string of the molecule is C[NH+]1CCc2c(sc3nc(SCCCc4ccccc4)n(-c4ccccc4)c(=O)c23)C1. The van der Waals surface area contributed by atoms with E-state index in [1.54, 1.807) is 23.1 Å². The lowest BCUT2D eigenvalue weighted by Gasteiger charge is -2.19. The molecule has 31 heavy (non-hydrogen) atoms. The predicted molar refractivity (Wildman–Crippen MR) is 130 cm³/mol. The molecule has 1 N–H and O–H groups in total. The second-order valence-electron chi connectivity index (χ2n) is 8.13. The summed E-state index contributed by atoms with van der Waals surface area (Å²) in [6, 6.07) is 20.5. The highest BCUT2D eigenvalue weighted by molar-refractivity contribution is 7.99. The van der Waals surface area contributed by atoms with E-state index in [1.807, 2.05) is 34.9 Å². The number of aromatic nitrogens is 2. The van der Waals surface area contributed by atoms with Crippen LogP contribution in [0.5, 0.6) is 0 Å². The van der Waals surface area contributed by atoms with Gasteiger partial charge in [-0.3, -0.25) is 9.36 Å². The van der Waals surface area contributed by atoms with Gasteiger partial charge in [-0.05, 0) is 36.1 Å². The Balaban J connectivity index is 1.51. The Labute approximate surface area is 190 Å². The van der Waals surface area contributed by atoms with Gasteiger partial charge in [-0.25, -0.2) is 4.98 Å². The molecule has 1 unspecified atom stereocenters. The van der Waals surface area contributed by atoms with E-state index < -0.39 is 0 Å². The Morgan fingerprint density at radius 3 is 2.61 bits per heavy atom. The van der Waals surface area contributed by atoms with Gasteiger partial charge >= 0.3 is 0 Å². The van der Waals surface area contributed by atoms with E-state index in [1.165, 1.54) is 20.9 Å². The molecule has 0 radical (unpaired) electrons. The Kier molecular flexibility index (Phi) is 5.94. The number of nitrogens with one attached hydrogen (secondary N) is 1. The van der Waals surface area contributed by atoms with Crippen LogP contribution in [0.4, 0.5) is 0 Å². The van der Waals surface area contributed by atoms with Gasteiger partial charge in [0.2, 0.25) is 0 Å². The monoisotopic (exact) mass is 448 g/mol. The van der Waals surface area contributed by atoms with Crippen LogP contribution < -0.4 is 10.5 Å². The molecule has 0 spiro atoms. The van der Waals surface area contributed by atoms with Gasteiger partial charge in [0.25, 0.3) is 5.56 Å². The summed E-state index contributed by atoms with van der Waals surface area (Å²) in [5.41, 5.74) is 3.56. The van der Waals surface area contributed by atoms with Crippen LogP contribution >= 0.6 is 23.1 Å². The highest BCUT2D eigenvalue weighted by atomic mass is 32.2. The number of hydrogen-bond donors (Lipinski definition) is 1. The van der Waals surface area contributed by atoms with Crippen molar-refractivity contribution in [2.75, 3.05) is 19.3 Å². The molecule has 4 aromatic rings. The lowest BCUT2D eigenvalue weighted by atomic mass is 10.1. The summed E-state index contributed by atoms with van der Waals surface area (Å²) in [5.74, 6) is 0.928. The predicted octanol–water partition coefficient (Wildman–Crippen LogP) is 3.74. The lowest BCUT2D eigenvalue weighted by Crippen LogP contribution is -3.08.